The van der Waals surface area contributed by atoms with Gasteiger partial charge in [0.1, 0.15) is 0 Å². The zero-order chi connectivity index (χ0) is 8.48. The molecule has 1 heterocycles. The van der Waals surface area contributed by atoms with Crippen molar-refractivity contribution in [1.29, 1.82) is 0 Å². The zero-order valence-corrected chi connectivity index (χ0v) is 5.84. The Labute approximate surface area is 62.0 Å². The molecule has 1 atom stereocenters. The van der Waals surface area contributed by atoms with Crippen LogP contribution in [0, 0.1) is 0 Å². The summed E-state index contributed by atoms with van der Waals surface area (Å²) in [4.78, 5) is 4.28. The average Bonchev–Trinajstić information content (AvgIpc) is 1.86. The van der Waals surface area contributed by atoms with Crippen LogP contribution in [0.4, 0.5) is 13.2 Å². The van der Waals surface area contributed by atoms with Gasteiger partial charge in [-0.15, -0.1) is 0 Å². The van der Waals surface area contributed by atoms with Crippen LogP contribution in [-0.2, 0) is 0 Å². The number of nitrogens with zero attached hydrogens (tertiary/aromatic N) is 2. The molecule has 0 bridgehead atoms. The fraction of sp³-hybridized carbons (Fsp3) is 0.500. The third-order valence-corrected chi connectivity index (χ3v) is 1.31. The van der Waals surface area contributed by atoms with Crippen LogP contribution in [0.3, 0.4) is 0 Å². The molecule has 0 aromatic rings. The van der Waals surface area contributed by atoms with Crippen molar-refractivity contribution < 1.29 is 13.2 Å². The third kappa shape index (κ3) is 1.72. The highest BCUT2D eigenvalue weighted by Gasteiger charge is 2.41. The highest BCUT2D eigenvalue weighted by Crippen LogP contribution is 2.25. The van der Waals surface area contributed by atoms with Gasteiger partial charge in [0.2, 0.25) is 6.17 Å². The highest BCUT2D eigenvalue weighted by atomic mass is 19.4. The van der Waals surface area contributed by atoms with Gasteiger partial charge in [-0.3, -0.25) is 4.99 Å². The summed E-state index contributed by atoms with van der Waals surface area (Å²) in [5, 5.41) is 0. The standard InChI is InChI=1S/C6H7F3N2/c1-11-4-2-3-10-5(11)6(7,8)9/h2-5H,1H3. The van der Waals surface area contributed by atoms with E-state index in [0.717, 1.165) is 11.1 Å². The molecule has 1 unspecified atom stereocenters. The minimum atomic E-state index is -4.28. The molecule has 11 heavy (non-hydrogen) atoms. The molecule has 0 aliphatic carbocycles. The molecule has 0 N–H and O–H groups in total. The van der Waals surface area contributed by atoms with Crippen molar-refractivity contribution in [3.05, 3.63) is 12.3 Å². The Morgan fingerprint density at radius 1 is 1.45 bits per heavy atom. The average molecular weight is 164 g/mol. The summed E-state index contributed by atoms with van der Waals surface area (Å²) >= 11 is 0. The molecule has 0 spiro atoms. The predicted molar refractivity (Wildman–Crippen MR) is 35.2 cm³/mol. The number of rotatable bonds is 0. The van der Waals surface area contributed by atoms with Crippen LogP contribution in [0.5, 0.6) is 0 Å². The molecule has 2 nitrogen and oxygen atoms in total. The second-order valence-corrected chi connectivity index (χ2v) is 2.22. The molecule has 0 aromatic carbocycles. The van der Waals surface area contributed by atoms with E-state index < -0.39 is 12.3 Å². The van der Waals surface area contributed by atoms with Gasteiger partial charge in [0.05, 0.1) is 0 Å². The molecule has 0 saturated carbocycles. The van der Waals surface area contributed by atoms with E-state index in [4.69, 9.17) is 0 Å². The smallest absolute Gasteiger partial charge is 0.352 e. The van der Waals surface area contributed by atoms with Crippen LogP contribution >= 0.6 is 0 Å². The van der Waals surface area contributed by atoms with Crippen LogP contribution < -0.4 is 0 Å². The van der Waals surface area contributed by atoms with E-state index in [1.54, 1.807) is 0 Å². The molecule has 62 valence electrons. The van der Waals surface area contributed by atoms with Gasteiger partial charge in [-0.25, -0.2) is 0 Å². The summed E-state index contributed by atoms with van der Waals surface area (Å²) in [6.07, 6.45) is -2.05. The fourth-order valence-electron chi connectivity index (χ4n) is 0.808. The monoisotopic (exact) mass is 164 g/mol. The molecule has 0 saturated heterocycles. The van der Waals surface area contributed by atoms with E-state index in [-0.39, 0.29) is 0 Å². The van der Waals surface area contributed by atoms with Crippen molar-refractivity contribution in [2.45, 2.75) is 12.3 Å². The second kappa shape index (κ2) is 2.56. The topological polar surface area (TPSA) is 15.6 Å². The summed E-state index contributed by atoms with van der Waals surface area (Å²) in [6, 6.07) is 0. The largest absolute Gasteiger partial charge is 0.429 e. The minimum Gasteiger partial charge on any atom is -0.352 e. The molecular formula is C6H7F3N2. The Morgan fingerprint density at radius 2 is 2.09 bits per heavy atom. The van der Waals surface area contributed by atoms with E-state index in [0.29, 0.717) is 0 Å². The van der Waals surface area contributed by atoms with E-state index >= 15 is 0 Å². The number of alkyl halides is 3. The van der Waals surface area contributed by atoms with Gasteiger partial charge >= 0.3 is 6.18 Å². The van der Waals surface area contributed by atoms with Crippen LogP contribution in [0.15, 0.2) is 17.3 Å². The van der Waals surface area contributed by atoms with Gasteiger partial charge in [0, 0.05) is 19.5 Å². The summed E-state index contributed by atoms with van der Waals surface area (Å²) in [5.74, 6) is 0. The third-order valence-electron chi connectivity index (χ3n) is 1.31. The first-order valence-electron chi connectivity index (χ1n) is 3.00. The molecule has 1 aliphatic heterocycles. The SMILES string of the molecule is CN1C=CC=NC1C(F)(F)F. The molecule has 1 aliphatic rings. The zero-order valence-electron chi connectivity index (χ0n) is 5.84. The molecule has 0 amide bonds. The number of aliphatic imine (C=N–C) groups is 1. The van der Waals surface area contributed by atoms with Crippen LogP contribution in [-0.4, -0.2) is 30.5 Å². The fourth-order valence-corrected chi connectivity index (χ4v) is 0.808. The molecule has 0 aromatic heterocycles. The summed E-state index contributed by atoms with van der Waals surface area (Å²) in [6.45, 7) is 0. The molecular weight excluding hydrogens is 157 g/mol. The van der Waals surface area contributed by atoms with E-state index in [1.807, 2.05) is 0 Å². The van der Waals surface area contributed by atoms with Crippen LogP contribution in [0.25, 0.3) is 0 Å². The number of hydrogen-bond donors (Lipinski definition) is 0. The van der Waals surface area contributed by atoms with Crippen LogP contribution in [0.2, 0.25) is 0 Å². The Morgan fingerprint density at radius 3 is 2.45 bits per heavy atom. The number of allylic oxidation sites excluding steroid dienone is 1. The Balaban J connectivity index is 2.74. The Hall–Kier alpha value is -1.00. The molecule has 0 fully saturated rings. The van der Waals surface area contributed by atoms with E-state index in [1.165, 1.54) is 19.3 Å². The maximum absolute atomic E-state index is 12.0. The van der Waals surface area contributed by atoms with Crippen molar-refractivity contribution in [2.24, 2.45) is 4.99 Å². The number of halogens is 3. The highest BCUT2D eigenvalue weighted by molar-refractivity contribution is 5.71. The lowest BCUT2D eigenvalue weighted by atomic mass is 10.4. The first-order chi connectivity index (χ1) is 5.02. The molecule has 0 radical (unpaired) electrons. The minimum absolute atomic E-state index is 1.01. The van der Waals surface area contributed by atoms with Crippen molar-refractivity contribution in [3.8, 4) is 0 Å². The van der Waals surface area contributed by atoms with Gasteiger partial charge in [0.25, 0.3) is 0 Å². The van der Waals surface area contributed by atoms with Crippen molar-refractivity contribution in [1.82, 2.24) is 4.90 Å². The van der Waals surface area contributed by atoms with Gasteiger partial charge < -0.3 is 4.90 Å². The van der Waals surface area contributed by atoms with Gasteiger partial charge in [-0.05, 0) is 6.08 Å². The summed E-state index contributed by atoms with van der Waals surface area (Å²) in [7, 11) is 1.34. The maximum Gasteiger partial charge on any atom is 0.429 e. The van der Waals surface area contributed by atoms with Gasteiger partial charge in [-0.1, -0.05) is 0 Å². The first-order valence-corrected chi connectivity index (χ1v) is 3.00. The Kier molecular flexibility index (Phi) is 1.89. The van der Waals surface area contributed by atoms with Crippen molar-refractivity contribution >= 4 is 6.21 Å². The normalized spacial score (nSPS) is 24.4. The number of hydrogen-bond acceptors (Lipinski definition) is 2. The lowest BCUT2D eigenvalue weighted by Gasteiger charge is -2.26. The predicted octanol–water partition coefficient (Wildman–Crippen LogP) is 1.40. The Bertz CT molecular complexity index is 194. The van der Waals surface area contributed by atoms with Gasteiger partial charge in [0.15, 0.2) is 0 Å². The first kappa shape index (κ1) is 8.10. The van der Waals surface area contributed by atoms with E-state index in [9.17, 15) is 13.2 Å². The second-order valence-electron chi connectivity index (χ2n) is 2.22. The molecule has 5 heteroatoms. The summed E-state index contributed by atoms with van der Waals surface area (Å²) < 4.78 is 36.0. The summed E-state index contributed by atoms with van der Waals surface area (Å²) in [5.41, 5.74) is 0. The maximum atomic E-state index is 12.0. The lowest BCUT2D eigenvalue weighted by molar-refractivity contribution is -0.171. The quantitative estimate of drug-likeness (QED) is 0.528. The molecule has 1 rings (SSSR count). The van der Waals surface area contributed by atoms with Crippen molar-refractivity contribution in [2.75, 3.05) is 7.05 Å². The van der Waals surface area contributed by atoms with Gasteiger partial charge in [-0.2, -0.15) is 13.2 Å². The van der Waals surface area contributed by atoms with Crippen molar-refractivity contribution in [3.63, 3.8) is 0 Å². The lowest BCUT2D eigenvalue weighted by Crippen LogP contribution is -2.40. The van der Waals surface area contributed by atoms with Crippen LogP contribution in [0.1, 0.15) is 0 Å². The van der Waals surface area contributed by atoms with E-state index in [2.05, 4.69) is 4.99 Å².